The van der Waals surface area contributed by atoms with Gasteiger partial charge in [0.15, 0.2) is 0 Å². The van der Waals surface area contributed by atoms with Gasteiger partial charge in [-0.15, -0.1) is 24.8 Å². The molecule has 0 saturated carbocycles. The molecule has 31 heavy (non-hydrogen) atoms. The molecule has 2 heterocycles. The van der Waals surface area contributed by atoms with Gasteiger partial charge in [-0.25, -0.2) is 9.37 Å². The van der Waals surface area contributed by atoms with E-state index >= 15 is 0 Å². The molecular weight excluding hydrogens is 442 g/mol. The van der Waals surface area contributed by atoms with Crippen molar-refractivity contribution in [2.24, 2.45) is 0 Å². The lowest BCUT2D eigenvalue weighted by molar-refractivity contribution is 0.414. The molecular formula is C20H27Cl2FN8. The topological polar surface area (TPSA) is 105 Å². The second-order valence-electron chi connectivity index (χ2n) is 6.95. The maximum atomic E-state index is 13.2. The third-order valence-corrected chi connectivity index (χ3v) is 4.37. The maximum Gasteiger partial charge on any atom is 0.227 e. The number of nitrogen functional groups attached to an aromatic ring is 1. The quantitative estimate of drug-likeness (QED) is 0.457. The Hall–Kier alpha value is -2.75. The van der Waals surface area contributed by atoms with Crippen molar-refractivity contribution in [2.45, 2.75) is 19.4 Å². The highest BCUT2D eigenvalue weighted by Gasteiger charge is 2.16. The molecule has 0 spiro atoms. The monoisotopic (exact) mass is 468 g/mol. The van der Waals surface area contributed by atoms with E-state index in [-0.39, 0.29) is 36.7 Å². The fourth-order valence-corrected chi connectivity index (χ4v) is 2.76. The molecule has 0 fully saturated rings. The normalized spacial score (nSPS) is 11.3. The second kappa shape index (κ2) is 12.2. The van der Waals surface area contributed by atoms with Gasteiger partial charge in [0.1, 0.15) is 23.3 Å². The largest absolute Gasteiger partial charge is 0.383 e. The van der Waals surface area contributed by atoms with Crippen molar-refractivity contribution in [2.75, 3.05) is 37.0 Å². The summed E-state index contributed by atoms with van der Waals surface area (Å²) in [5, 5.41) is 6.41. The Morgan fingerprint density at radius 2 is 1.81 bits per heavy atom. The zero-order valence-corrected chi connectivity index (χ0v) is 19.2. The van der Waals surface area contributed by atoms with Gasteiger partial charge in [0.05, 0.1) is 12.2 Å². The first-order valence-electron chi connectivity index (χ1n) is 9.28. The van der Waals surface area contributed by atoms with E-state index < -0.39 is 0 Å². The number of aromatic nitrogens is 4. The van der Waals surface area contributed by atoms with E-state index in [2.05, 4.69) is 35.5 Å². The molecule has 3 rings (SSSR count). The number of rotatable bonds is 8. The van der Waals surface area contributed by atoms with Gasteiger partial charge in [-0.05, 0) is 45.1 Å². The summed E-state index contributed by atoms with van der Waals surface area (Å²) in [6.45, 7) is 2.74. The standard InChI is InChI=1S/C20H25FN8.2ClH/c1-13(14-4-6-15(21)7-5-14)25-20-27-18(22)16(8-11-29(2)3)19(28-20)26-17-12-23-9-10-24-17;;/h4-7,9-10,12-13H,8,11H2,1-3H3,(H4,22,24,25,26,27,28);2*1H. The van der Waals surface area contributed by atoms with Gasteiger partial charge in [0.25, 0.3) is 0 Å². The molecule has 0 radical (unpaired) electrons. The van der Waals surface area contributed by atoms with Crippen LogP contribution in [0.2, 0.25) is 0 Å². The summed E-state index contributed by atoms with van der Waals surface area (Å²) in [5.41, 5.74) is 7.98. The van der Waals surface area contributed by atoms with Crippen molar-refractivity contribution < 1.29 is 4.39 Å². The SMILES string of the molecule is CC(Nc1nc(N)c(CCN(C)C)c(Nc2cnccn2)n1)c1ccc(F)cc1.Cl.Cl. The summed E-state index contributed by atoms with van der Waals surface area (Å²) in [4.78, 5) is 19.4. The van der Waals surface area contributed by atoms with Crippen LogP contribution in [-0.2, 0) is 6.42 Å². The van der Waals surface area contributed by atoms with Crippen LogP contribution >= 0.6 is 24.8 Å². The van der Waals surface area contributed by atoms with E-state index in [1.54, 1.807) is 30.7 Å². The molecule has 1 unspecified atom stereocenters. The van der Waals surface area contributed by atoms with Crippen LogP contribution in [0, 0.1) is 5.82 Å². The lowest BCUT2D eigenvalue weighted by Gasteiger charge is -2.19. The molecule has 0 aliphatic rings. The van der Waals surface area contributed by atoms with E-state index in [1.807, 2.05) is 21.0 Å². The van der Waals surface area contributed by atoms with Crippen molar-refractivity contribution in [3.8, 4) is 0 Å². The molecule has 0 saturated heterocycles. The van der Waals surface area contributed by atoms with Gasteiger partial charge in [0, 0.05) is 24.5 Å². The summed E-state index contributed by atoms with van der Waals surface area (Å²) < 4.78 is 13.2. The average molecular weight is 469 g/mol. The van der Waals surface area contributed by atoms with E-state index in [4.69, 9.17) is 5.73 Å². The molecule has 3 aromatic rings. The summed E-state index contributed by atoms with van der Waals surface area (Å²) in [6, 6.07) is 6.16. The van der Waals surface area contributed by atoms with E-state index in [0.29, 0.717) is 29.8 Å². The molecule has 0 aliphatic carbocycles. The maximum absolute atomic E-state index is 13.2. The zero-order valence-electron chi connectivity index (χ0n) is 17.5. The van der Waals surface area contributed by atoms with Crippen molar-refractivity contribution >= 4 is 48.2 Å². The molecule has 0 amide bonds. The van der Waals surface area contributed by atoms with Crippen LogP contribution in [-0.4, -0.2) is 45.5 Å². The highest BCUT2D eigenvalue weighted by molar-refractivity contribution is 5.85. The Kier molecular flexibility index (Phi) is 10.3. The fraction of sp³-hybridized carbons (Fsp3) is 0.300. The number of nitrogens with two attached hydrogens (primary N) is 1. The minimum atomic E-state index is -0.276. The van der Waals surface area contributed by atoms with E-state index in [1.165, 1.54) is 12.1 Å². The highest BCUT2D eigenvalue weighted by Crippen LogP contribution is 2.26. The molecule has 2 aromatic heterocycles. The lowest BCUT2D eigenvalue weighted by atomic mass is 10.1. The first-order chi connectivity index (χ1) is 13.9. The summed E-state index contributed by atoms with van der Waals surface area (Å²) >= 11 is 0. The molecule has 1 aromatic carbocycles. The lowest BCUT2D eigenvalue weighted by Crippen LogP contribution is -2.18. The zero-order chi connectivity index (χ0) is 20.8. The second-order valence-corrected chi connectivity index (χ2v) is 6.95. The van der Waals surface area contributed by atoms with Crippen LogP contribution in [0.3, 0.4) is 0 Å². The smallest absolute Gasteiger partial charge is 0.227 e. The Balaban J connectivity index is 0.00000240. The fourth-order valence-electron chi connectivity index (χ4n) is 2.76. The Morgan fingerprint density at radius 1 is 1.10 bits per heavy atom. The van der Waals surface area contributed by atoms with Gasteiger partial charge in [-0.1, -0.05) is 12.1 Å². The number of anilines is 4. The molecule has 0 aliphatic heterocycles. The Morgan fingerprint density at radius 3 is 2.42 bits per heavy atom. The Bertz CT molecular complexity index is 942. The number of benzene rings is 1. The highest BCUT2D eigenvalue weighted by atomic mass is 35.5. The molecule has 1 atom stereocenters. The van der Waals surface area contributed by atoms with Crippen LogP contribution in [0.4, 0.5) is 27.8 Å². The molecule has 0 bridgehead atoms. The van der Waals surface area contributed by atoms with Gasteiger partial charge in [0.2, 0.25) is 5.95 Å². The number of likely N-dealkylation sites (N-methyl/N-ethyl adjacent to an activating group) is 1. The molecule has 11 heteroatoms. The Labute approximate surface area is 193 Å². The van der Waals surface area contributed by atoms with Crippen LogP contribution in [0.15, 0.2) is 42.9 Å². The van der Waals surface area contributed by atoms with Crippen molar-refractivity contribution in [1.82, 2.24) is 24.8 Å². The third-order valence-electron chi connectivity index (χ3n) is 4.37. The average Bonchev–Trinajstić information content (AvgIpc) is 2.68. The van der Waals surface area contributed by atoms with Crippen molar-refractivity contribution in [1.29, 1.82) is 0 Å². The number of nitrogens with zero attached hydrogens (tertiary/aromatic N) is 5. The first kappa shape index (κ1) is 26.3. The van der Waals surface area contributed by atoms with Crippen LogP contribution in [0.1, 0.15) is 24.1 Å². The summed E-state index contributed by atoms with van der Waals surface area (Å²) in [6.07, 6.45) is 5.49. The minimum Gasteiger partial charge on any atom is -0.383 e. The predicted octanol–water partition coefficient (Wildman–Crippen LogP) is 3.85. The summed E-state index contributed by atoms with van der Waals surface area (Å²) in [7, 11) is 3.99. The minimum absolute atomic E-state index is 0. The molecule has 4 N–H and O–H groups in total. The molecule has 8 nitrogen and oxygen atoms in total. The summed E-state index contributed by atoms with van der Waals surface area (Å²) in [5.74, 6) is 1.63. The van der Waals surface area contributed by atoms with Gasteiger partial charge in [-0.2, -0.15) is 9.97 Å². The van der Waals surface area contributed by atoms with Crippen molar-refractivity contribution in [3.63, 3.8) is 0 Å². The van der Waals surface area contributed by atoms with Crippen LogP contribution in [0.25, 0.3) is 0 Å². The first-order valence-corrected chi connectivity index (χ1v) is 9.28. The van der Waals surface area contributed by atoms with Gasteiger partial charge in [-0.3, -0.25) is 4.98 Å². The van der Waals surface area contributed by atoms with E-state index in [0.717, 1.165) is 17.7 Å². The third kappa shape index (κ3) is 7.46. The van der Waals surface area contributed by atoms with Crippen LogP contribution < -0.4 is 16.4 Å². The van der Waals surface area contributed by atoms with Crippen LogP contribution in [0.5, 0.6) is 0 Å². The predicted molar refractivity (Wildman–Crippen MR) is 127 cm³/mol. The van der Waals surface area contributed by atoms with Gasteiger partial charge >= 0.3 is 0 Å². The number of nitrogens with one attached hydrogen (secondary N) is 2. The number of hydrogen-bond acceptors (Lipinski definition) is 8. The number of hydrogen-bond donors (Lipinski definition) is 3. The van der Waals surface area contributed by atoms with Crippen molar-refractivity contribution in [3.05, 3.63) is 59.8 Å². The molecule has 168 valence electrons. The number of halogens is 3. The van der Waals surface area contributed by atoms with Gasteiger partial charge < -0.3 is 21.3 Å². The van der Waals surface area contributed by atoms with E-state index in [9.17, 15) is 4.39 Å².